The number of nitrogens with one attached hydrogen (secondary N) is 2. The van der Waals surface area contributed by atoms with Crippen molar-refractivity contribution in [3.8, 4) is 0 Å². The van der Waals surface area contributed by atoms with E-state index in [9.17, 15) is 28.2 Å². The van der Waals surface area contributed by atoms with Gasteiger partial charge in [0.1, 0.15) is 0 Å². The number of nitrogens with zero attached hydrogens (tertiary/aromatic N) is 1. The van der Waals surface area contributed by atoms with E-state index >= 15 is 0 Å². The summed E-state index contributed by atoms with van der Waals surface area (Å²) in [6.45, 7) is 0.740. The van der Waals surface area contributed by atoms with Gasteiger partial charge in [-0.15, -0.1) is 0 Å². The molecule has 2 aliphatic rings. The van der Waals surface area contributed by atoms with Crippen LogP contribution in [0.4, 0.5) is 29.3 Å². The van der Waals surface area contributed by atoms with Crippen molar-refractivity contribution in [2.45, 2.75) is 57.0 Å². The molecule has 33 heavy (non-hydrogen) atoms. The summed E-state index contributed by atoms with van der Waals surface area (Å²) in [6, 6.07) is 9.01. The van der Waals surface area contributed by atoms with Crippen LogP contribution < -0.4 is 15.5 Å². The van der Waals surface area contributed by atoms with Crippen LogP contribution in [0.1, 0.15) is 41.5 Å². The minimum atomic E-state index is -4.49. The third kappa shape index (κ3) is 5.59. The molecular formula is C24H28F3N3O3. The summed E-state index contributed by atoms with van der Waals surface area (Å²) in [7, 11) is 0. The fourth-order valence-electron chi connectivity index (χ4n) is 4.53. The van der Waals surface area contributed by atoms with E-state index in [0.29, 0.717) is 50.0 Å². The van der Waals surface area contributed by atoms with Crippen LogP contribution in [0.15, 0.2) is 36.4 Å². The van der Waals surface area contributed by atoms with Crippen molar-refractivity contribution in [2.75, 3.05) is 23.3 Å². The van der Waals surface area contributed by atoms with Crippen LogP contribution in [-0.2, 0) is 25.6 Å². The molecule has 2 amide bonds. The second kappa shape index (κ2) is 9.61. The summed E-state index contributed by atoms with van der Waals surface area (Å²) in [6.07, 6.45) is -2.69. The Kier molecular flexibility index (Phi) is 6.81. The van der Waals surface area contributed by atoms with Crippen molar-refractivity contribution >= 4 is 17.4 Å². The van der Waals surface area contributed by atoms with Crippen LogP contribution in [0.25, 0.3) is 0 Å². The summed E-state index contributed by atoms with van der Waals surface area (Å²) in [4.78, 5) is 14.1. The number of aliphatic hydroxyl groups excluding tert-OH is 2. The molecule has 1 fully saturated rings. The molecule has 1 saturated heterocycles. The number of alkyl halides is 3. The lowest BCUT2D eigenvalue weighted by atomic mass is 9.88. The maximum Gasteiger partial charge on any atom is 0.418 e. The fourth-order valence-corrected chi connectivity index (χ4v) is 4.53. The number of carbonyl (C=O) groups is 1. The molecule has 178 valence electrons. The zero-order valence-electron chi connectivity index (χ0n) is 18.2. The van der Waals surface area contributed by atoms with Gasteiger partial charge in [0.25, 0.3) is 0 Å². The van der Waals surface area contributed by atoms with Gasteiger partial charge in [-0.3, -0.25) is 0 Å². The molecule has 1 heterocycles. The van der Waals surface area contributed by atoms with Gasteiger partial charge in [-0.05, 0) is 60.6 Å². The Bertz CT molecular complexity index is 1000. The number of hydrogen-bond donors (Lipinski definition) is 4. The summed E-state index contributed by atoms with van der Waals surface area (Å²) in [5, 5.41) is 25.2. The monoisotopic (exact) mass is 463 g/mol. The van der Waals surface area contributed by atoms with Gasteiger partial charge in [-0.25, -0.2) is 4.79 Å². The highest BCUT2D eigenvalue weighted by atomic mass is 19.4. The molecule has 1 atom stereocenters. The first-order chi connectivity index (χ1) is 15.7. The molecule has 4 rings (SSSR count). The number of piperidine rings is 1. The number of aryl methyl sites for hydroxylation is 1. The normalized spacial score (nSPS) is 19.2. The van der Waals surface area contributed by atoms with E-state index in [1.165, 1.54) is 12.1 Å². The number of anilines is 2. The number of urea groups is 1. The fraction of sp³-hybridized carbons (Fsp3) is 0.458. The van der Waals surface area contributed by atoms with Gasteiger partial charge in [0, 0.05) is 37.4 Å². The van der Waals surface area contributed by atoms with Crippen molar-refractivity contribution in [1.82, 2.24) is 5.32 Å². The third-order valence-electron chi connectivity index (χ3n) is 6.33. The minimum absolute atomic E-state index is 0.0606. The van der Waals surface area contributed by atoms with E-state index in [1.807, 2.05) is 12.1 Å². The van der Waals surface area contributed by atoms with Gasteiger partial charge >= 0.3 is 12.2 Å². The molecule has 1 unspecified atom stereocenters. The van der Waals surface area contributed by atoms with E-state index < -0.39 is 30.0 Å². The van der Waals surface area contributed by atoms with Crippen molar-refractivity contribution in [3.05, 3.63) is 58.7 Å². The van der Waals surface area contributed by atoms with Crippen molar-refractivity contribution in [2.24, 2.45) is 0 Å². The zero-order chi connectivity index (χ0) is 23.6. The standard InChI is InChI=1S/C24H28F3N3O3/c25-24(26,27)20-7-4-15(12-22(20)30-10-8-17(31)9-11-30)14-28-23(33)29-21-3-1-2-16-5-6-18(32)13-19(16)21/h1-4,7,12,17-18,31-32H,5-6,8-11,13-14H2,(H2,28,29,33). The summed E-state index contributed by atoms with van der Waals surface area (Å²) in [5.74, 6) is 0. The number of benzene rings is 2. The van der Waals surface area contributed by atoms with E-state index in [-0.39, 0.29) is 12.2 Å². The molecule has 0 aromatic heterocycles. The second-order valence-electron chi connectivity index (χ2n) is 8.72. The molecular weight excluding hydrogens is 435 g/mol. The first-order valence-electron chi connectivity index (χ1n) is 11.2. The average Bonchev–Trinajstić information content (AvgIpc) is 2.78. The largest absolute Gasteiger partial charge is 0.418 e. The number of hydrogen-bond acceptors (Lipinski definition) is 4. The van der Waals surface area contributed by atoms with Crippen molar-refractivity contribution in [1.29, 1.82) is 0 Å². The highest BCUT2D eigenvalue weighted by molar-refractivity contribution is 5.90. The predicted octanol–water partition coefficient (Wildman–Crippen LogP) is 3.84. The van der Waals surface area contributed by atoms with Crippen LogP contribution >= 0.6 is 0 Å². The van der Waals surface area contributed by atoms with Crippen molar-refractivity contribution in [3.63, 3.8) is 0 Å². The molecule has 4 N–H and O–H groups in total. The van der Waals surface area contributed by atoms with Crippen LogP contribution in [0, 0.1) is 0 Å². The van der Waals surface area contributed by atoms with Gasteiger partial charge in [0.15, 0.2) is 0 Å². The molecule has 0 spiro atoms. The smallest absolute Gasteiger partial charge is 0.393 e. The maximum atomic E-state index is 13.6. The van der Waals surface area contributed by atoms with Gasteiger partial charge in [-0.2, -0.15) is 13.2 Å². The molecule has 0 bridgehead atoms. The van der Waals surface area contributed by atoms with Crippen molar-refractivity contribution < 1.29 is 28.2 Å². The first kappa shape index (κ1) is 23.4. The second-order valence-corrected chi connectivity index (χ2v) is 8.72. The van der Waals surface area contributed by atoms with Gasteiger partial charge < -0.3 is 25.7 Å². The Morgan fingerprint density at radius 1 is 1.06 bits per heavy atom. The molecule has 0 saturated carbocycles. The Labute approximate surface area is 190 Å². The minimum Gasteiger partial charge on any atom is -0.393 e. The van der Waals surface area contributed by atoms with Crippen LogP contribution in [0.3, 0.4) is 0 Å². The van der Waals surface area contributed by atoms with E-state index in [2.05, 4.69) is 10.6 Å². The molecule has 9 heteroatoms. The highest BCUT2D eigenvalue weighted by Gasteiger charge is 2.35. The molecule has 0 radical (unpaired) electrons. The van der Waals surface area contributed by atoms with E-state index in [0.717, 1.165) is 23.6 Å². The Morgan fingerprint density at radius 2 is 1.82 bits per heavy atom. The van der Waals surface area contributed by atoms with E-state index in [4.69, 9.17) is 0 Å². The lowest BCUT2D eigenvalue weighted by molar-refractivity contribution is -0.137. The number of aliphatic hydroxyl groups is 2. The number of carbonyl (C=O) groups excluding carboxylic acids is 1. The van der Waals surface area contributed by atoms with Gasteiger partial charge in [-0.1, -0.05) is 18.2 Å². The molecule has 2 aromatic rings. The number of fused-ring (bicyclic) bond motifs is 1. The van der Waals surface area contributed by atoms with Crippen LogP contribution in [0.2, 0.25) is 0 Å². The number of halogens is 3. The quantitative estimate of drug-likeness (QED) is 0.555. The number of amides is 2. The molecule has 6 nitrogen and oxygen atoms in total. The molecule has 1 aliphatic carbocycles. The number of rotatable bonds is 4. The first-order valence-corrected chi connectivity index (χ1v) is 11.2. The van der Waals surface area contributed by atoms with Gasteiger partial charge in [0.05, 0.1) is 17.8 Å². The summed E-state index contributed by atoms with van der Waals surface area (Å²) in [5.41, 5.74) is 2.53. The highest BCUT2D eigenvalue weighted by Crippen LogP contribution is 2.38. The Morgan fingerprint density at radius 3 is 2.55 bits per heavy atom. The zero-order valence-corrected chi connectivity index (χ0v) is 18.2. The molecule has 1 aliphatic heterocycles. The van der Waals surface area contributed by atoms with E-state index in [1.54, 1.807) is 11.0 Å². The third-order valence-corrected chi connectivity index (χ3v) is 6.33. The van der Waals surface area contributed by atoms with Crippen LogP contribution in [-0.4, -0.2) is 41.5 Å². The summed E-state index contributed by atoms with van der Waals surface area (Å²) >= 11 is 0. The topological polar surface area (TPSA) is 84.8 Å². The summed E-state index contributed by atoms with van der Waals surface area (Å²) < 4.78 is 40.7. The maximum absolute atomic E-state index is 13.6. The molecule has 2 aromatic carbocycles. The lowest BCUT2D eigenvalue weighted by Crippen LogP contribution is -2.37. The SMILES string of the molecule is O=C(NCc1ccc(C(F)(F)F)c(N2CCC(O)CC2)c1)Nc1cccc2c1CC(O)CC2. The average molecular weight is 464 g/mol. The van der Waals surface area contributed by atoms with Gasteiger partial charge in [0.2, 0.25) is 0 Å². The Hall–Kier alpha value is -2.78. The predicted molar refractivity (Wildman–Crippen MR) is 119 cm³/mol. The van der Waals surface area contributed by atoms with Crippen LogP contribution in [0.5, 0.6) is 0 Å². The Balaban J connectivity index is 1.45. The lowest BCUT2D eigenvalue weighted by Gasteiger charge is -2.33.